The number of ether oxygens (including phenoxy) is 1. The quantitative estimate of drug-likeness (QED) is 0.0329. The normalized spacial score (nSPS) is 13.4. The van der Waals surface area contributed by atoms with Gasteiger partial charge < -0.3 is 29.8 Å². The van der Waals surface area contributed by atoms with Gasteiger partial charge in [-0.2, -0.15) is 0 Å². The molecule has 0 aliphatic heterocycles. The van der Waals surface area contributed by atoms with E-state index < -0.39 is 11.9 Å². The predicted molar refractivity (Wildman–Crippen MR) is 190 cm³/mol. The average Bonchev–Trinajstić information content (AvgIpc) is 2.96. The summed E-state index contributed by atoms with van der Waals surface area (Å²) in [7, 11) is 0. The lowest BCUT2D eigenvalue weighted by Gasteiger charge is -2.17. The van der Waals surface area contributed by atoms with Gasteiger partial charge in [0.1, 0.15) is 17.4 Å². The summed E-state index contributed by atoms with van der Waals surface area (Å²) in [4.78, 5) is 55.0. The zero-order valence-corrected chi connectivity index (χ0v) is 30.9. The summed E-state index contributed by atoms with van der Waals surface area (Å²) in [5, 5.41) is 10.4. The van der Waals surface area contributed by atoms with E-state index in [9.17, 15) is 19.5 Å². The van der Waals surface area contributed by atoms with Gasteiger partial charge in [0.05, 0.1) is 12.2 Å². The molecule has 3 unspecified atom stereocenters. The van der Waals surface area contributed by atoms with Crippen LogP contribution >= 0.6 is 48.9 Å². The molecule has 0 fully saturated rings. The lowest BCUT2D eigenvalue weighted by molar-refractivity contribution is -0.149. The number of rotatable bonds is 18. The maximum atomic E-state index is 12.3. The van der Waals surface area contributed by atoms with Crippen molar-refractivity contribution in [1.29, 1.82) is 0 Å². The summed E-state index contributed by atoms with van der Waals surface area (Å²) < 4.78 is 6.15. The number of carbonyl (C=O) groups excluding carboxylic acids is 3. The van der Waals surface area contributed by atoms with Crippen molar-refractivity contribution in [3.05, 3.63) is 36.5 Å². The Labute approximate surface area is 291 Å². The summed E-state index contributed by atoms with van der Waals surface area (Å²) in [5.74, 6) is -1.12. The van der Waals surface area contributed by atoms with Crippen LogP contribution in [0.15, 0.2) is 5.76 Å². The summed E-state index contributed by atoms with van der Waals surface area (Å²) in [6.45, 7) is 11.5. The minimum absolute atomic E-state index is 0.0474. The Morgan fingerprint density at radius 2 is 1.33 bits per heavy atom. The molecule has 0 saturated heterocycles. The van der Waals surface area contributed by atoms with Crippen LogP contribution < -0.4 is 0 Å². The number of aliphatic hydroxyl groups is 1. The van der Waals surface area contributed by atoms with Gasteiger partial charge in [-0.3, -0.25) is 14.4 Å². The van der Waals surface area contributed by atoms with Crippen LogP contribution in [0, 0.1) is 30.9 Å². The van der Waals surface area contributed by atoms with Crippen LogP contribution in [0.2, 0.25) is 0 Å². The average molecular weight is 713 g/mol. The lowest BCUT2D eigenvalue weighted by Crippen LogP contribution is -2.26. The molecule has 5 N–H and O–H groups in total. The fourth-order valence-electron chi connectivity index (χ4n) is 4.73. The molecule has 46 heavy (non-hydrogen) atoms. The summed E-state index contributed by atoms with van der Waals surface area (Å²) in [6.07, 6.45) is 9.98. The molecule has 0 aliphatic carbocycles. The second kappa shape index (κ2) is 21.9. The molecule has 11 nitrogen and oxygen atoms in total. The number of esters is 1. The van der Waals surface area contributed by atoms with E-state index in [1.165, 1.54) is 26.7 Å². The highest BCUT2D eigenvalue weighted by Crippen LogP contribution is 2.24. The number of H-pyrrole nitrogens is 4. The van der Waals surface area contributed by atoms with Crippen molar-refractivity contribution in [3.8, 4) is 0 Å². The summed E-state index contributed by atoms with van der Waals surface area (Å²) >= 11 is 19.9. The Balaban J connectivity index is 0.000000460. The molecular weight excluding hydrogens is 665 g/mol. The van der Waals surface area contributed by atoms with Gasteiger partial charge in [0.2, 0.25) is 9.54 Å². The third-order valence-corrected chi connectivity index (χ3v) is 8.28. The molecule has 2 aromatic heterocycles. The largest absolute Gasteiger partial charge is 0.511 e. The second-order valence-corrected chi connectivity index (χ2v) is 12.7. The molecule has 0 bridgehead atoms. The molecule has 256 valence electrons. The van der Waals surface area contributed by atoms with Crippen LogP contribution in [0.25, 0.3) is 5.57 Å². The maximum absolute atomic E-state index is 12.3. The topological polar surface area (TPSA) is 170 Å². The van der Waals surface area contributed by atoms with E-state index in [0.717, 1.165) is 44.9 Å². The highest BCUT2D eigenvalue weighted by molar-refractivity contribution is 7.72. The smallest absolute Gasteiger partial charge is 0.324 e. The number of aromatic nitrogens is 6. The van der Waals surface area contributed by atoms with Crippen LogP contribution in [0.1, 0.15) is 123 Å². The monoisotopic (exact) mass is 712 g/mol. The predicted octanol–water partition coefficient (Wildman–Crippen LogP) is 8.68. The van der Waals surface area contributed by atoms with Crippen LogP contribution in [-0.2, 0) is 19.1 Å². The van der Waals surface area contributed by atoms with Crippen molar-refractivity contribution in [1.82, 2.24) is 29.9 Å². The third kappa shape index (κ3) is 14.8. The molecule has 2 heterocycles. The van der Waals surface area contributed by atoms with Gasteiger partial charge in [0, 0.05) is 6.42 Å². The van der Waals surface area contributed by atoms with E-state index in [0.29, 0.717) is 24.9 Å². The van der Waals surface area contributed by atoms with E-state index >= 15 is 0 Å². The van der Waals surface area contributed by atoms with Gasteiger partial charge >= 0.3 is 5.97 Å². The van der Waals surface area contributed by atoms with Gasteiger partial charge in [-0.25, -0.2) is 9.97 Å². The number of aromatic amines is 4. The van der Waals surface area contributed by atoms with Gasteiger partial charge in [0.15, 0.2) is 27.0 Å². The summed E-state index contributed by atoms with van der Waals surface area (Å²) in [6, 6.07) is 0. The van der Waals surface area contributed by atoms with Crippen LogP contribution in [0.3, 0.4) is 0 Å². The molecule has 3 atom stereocenters. The SMILES string of the molecule is CCCCC(CC)CCC(O)=C(C(C)=O)c1nc(=S)[nH]c(=S)[nH]1.CCCCC(CC)COC(=O)C(C(C)=O)c1nc(=S)[nH]c(=S)[nH]1. The van der Waals surface area contributed by atoms with Crippen molar-refractivity contribution in [2.75, 3.05) is 6.61 Å². The molecular formula is C31H48N6O5S4. The first-order valence-corrected chi connectivity index (χ1v) is 17.4. The molecule has 0 spiro atoms. The number of nitrogens with zero attached hydrogens (tertiary/aromatic N) is 2. The Morgan fingerprint density at radius 3 is 1.80 bits per heavy atom. The van der Waals surface area contributed by atoms with E-state index in [2.05, 4.69) is 57.6 Å². The molecule has 0 saturated carbocycles. The minimum Gasteiger partial charge on any atom is -0.511 e. The molecule has 0 aliphatic rings. The van der Waals surface area contributed by atoms with Gasteiger partial charge in [0.25, 0.3) is 0 Å². The molecule has 2 rings (SSSR count). The van der Waals surface area contributed by atoms with Crippen LogP contribution in [0.4, 0.5) is 0 Å². The van der Waals surface area contributed by atoms with Gasteiger partial charge in [-0.1, -0.05) is 72.6 Å². The number of carbonyl (C=O) groups is 3. The molecule has 15 heteroatoms. The van der Waals surface area contributed by atoms with Crippen LogP contribution in [0.5, 0.6) is 0 Å². The number of ketones is 2. The van der Waals surface area contributed by atoms with Crippen molar-refractivity contribution >= 4 is 72.0 Å². The lowest BCUT2D eigenvalue weighted by atomic mass is 9.93. The second-order valence-electron chi connectivity index (χ2n) is 11.1. The Kier molecular flexibility index (Phi) is 19.7. The van der Waals surface area contributed by atoms with Crippen molar-refractivity contribution in [2.45, 2.75) is 112 Å². The van der Waals surface area contributed by atoms with E-state index in [1.54, 1.807) is 0 Å². The van der Waals surface area contributed by atoms with Crippen molar-refractivity contribution in [3.63, 3.8) is 0 Å². The number of unbranched alkanes of at least 4 members (excludes halogenated alkanes) is 2. The van der Waals surface area contributed by atoms with E-state index in [1.807, 2.05) is 0 Å². The summed E-state index contributed by atoms with van der Waals surface area (Å²) in [5.41, 5.74) is 0.168. The zero-order chi connectivity index (χ0) is 34.8. The standard InChI is InChI=1S/C16H25N3O2S2.C15H23N3O3S2/c1-4-6-7-11(5-2)8-9-12(21)13(10(3)20)14-17-15(22)19-16(23)18-14;1-4-6-7-10(5-2)8-21-13(20)11(9(3)19)12-16-14(22)18-15(23)17-12/h11,21H,4-9H2,1-3H3,(H2,17,18,19,22,23);10-11H,4-8H2,1-3H3,(H2,16,17,18,22,23). The Hall–Kier alpha value is -2.75. The number of hydrogen-bond donors (Lipinski definition) is 5. The van der Waals surface area contributed by atoms with E-state index in [-0.39, 0.29) is 53.6 Å². The van der Waals surface area contributed by atoms with Gasteiger partial charge in [-0.05, 0) is 87.4 Å². The Bertz CT molecular complexity index is 1500. The number of allylic oxidation sites excluding steroid dienone is 2. The molecule has 0 amide bonds. The third-order valence-electron chi connectivity index (χ3n) is 7.48. The maximum Gasteiger partial charge on any atom is 0.324 e. The highest BCUT2D eigenvalue weighted by Gasteiger charge is 2.30. The van der Waals surface area contributed by atoms with Crippen LogP contribution in [-0.4, -0.2) is 59.2 Å². The minimum atomic E-state index is -1.13. The number of aliphatic hydroxyl groups excluding tert-OH is 1. The highest BCUT2D eigenvalue weighted by atomic mass is 32.1. The first kappa shape index (κ1) is 41.3. The van der Waals surface area contributed by atoms with E-state index in [4.69, 9.17) is 53.6 Å². The molecule has 2 aromatic rings. The van der Waals surface area contributed by atoms with Crippen molar-refractivity contribution in [2.24, 2.45) is 11.8 Å². The number of nitrogens with one attached hydrogen (secondary N) is 4. The first-order valence-electron chi connectivity index (χ1n) is 15.8. The molecule has 0 aromatic carbocycles. The number of Topliss-reactive ketones (excluding diaryl/α,β-unsaturated/α-hetero) is 2. The molecule has 0 radical (unpaired) electrons. The fraction of sp³-hybridized carbons (Fsp3) is 0.645. The zero-order valence-electron chi connectivity index (χ0n) is 27.6. The first-order chi connectivity index (χ1) is 21.8. The number of hydrogen-bond acceptors (Lipinski definition) is 11. The van der Waals surface area contributed by atoms with Gasteiger partial charge in [-0.15, -0.1) is 0 Å². The van der Waals surface area contributed by atoms with Crippen molar-refractivity contribution < 1.29 is 24.2 Å². The Morgan fingerprint density at radius 1 is 0.783 bits per heavy atom. The fourth-order valence-corrected chi connectivity index (χ4v) is 5.65.